The minimum Gasteiger partial charge on any atom is -0.496 e. The highest BCUT2D eigenvalue weighted by Gasteiger charge is 2.22. The second kappa shape index (κ2) is 7.90. The van der Waals surface area contributed by atoms with Gasteiger partial charge in [-0.3, -0.25) is 0 Å². The van der Waals surface area contributed by atoms with E-state index in [-0.39, 0.29) is 0 Å². The highest BCUT2D eigenvalue weighted by Crippen LogP contribution is 2.30. The van der Waals surface area contributed by atoms with Crippen molar-refractivity contribution in [3.05, 3.63) is 28.8 Å². The van der Waals surface area contributed by atoms with Crippen LogP contribution in [0.15, 0.2) is 18.2 Å². The lowest BCUT2D eigenvalue weighted by atomic mass is 9.83. The van der Waals surface area contributed by atoms with Gasteiger partial charge in [-0.15, -0.1) is 0 Å². The zero-order valence-corrected chi connectivity index (χ0v) is 13.4. The van der Waals surface area contributed by atoms with Crippen molar-refractivity contribution < 1.29 is 4.74 Å². The standard InChI is InChI=1S/C17H26ClNO/c1-3-16(13-8-5-4-6-9-13)19-12-14-15(18)10-7-11-17(14)20-2/h7,10-11,13,16,19H,3-6,8-9,12H2,1-2H3. The molecule has 2 rings (SSSR count). The zero-order valence-electron chi connectivity index (χ0n) is 12.6. The van der Waals surface area contributed by atoms with Gasteiger partial charge in [0.1, 0.15) is 5.75 Å². The van der Waals surface area contributed by atoms with Crippen LogP contribution in [0, 0.1) is 5.92 Å². The van der Waals surface area contributed by atoms with Crippen LogP contribution >= 0.6 is 11.6 Å². The number of ether oxygens (including phenoxy) is 1. The fraction of sp³-hybridized carbons (Fsp3) is 0.647. The number of rotatable bonds is 6. The summed E-state index contributed by atoms with van der Waals surface area (Å²) in [6.07, 6.45) is 8.09. The summed E-state index contributed by atoms with van der Waals surface area (Å²) >= 11 is 6.30. The van der Waals surface area contributed by atoms with Crippen LogP contribution in [-0.2, 0) is 6.54 Å². The van der Waals surface area contributed by atoms with Crippen molar-refractivity contribution in [1.29, 1.82) is 0 Å². The monoisotopic (exact) mass is 295 g/mol. The fourth-order valence-corrected chi connectivity index (χ4v) is 3.55. The maximum Gasteiger partial charge on any atom is 0.124 e. The quantitative estimate of drug-likeness (QED) is 0.814. The van der Waals surface area contributed by atoms with Gasteiger partial charge >= 0.3 is 0 Å². The van der Waals surface area contributed by atoms with Crippen LogP contribution in [0.1, 0.15) is 51.0 Å². The molecular weight excluding hydrogens is 270 g/mol. The number of hydrogen-bond acceptors (Lipinski definition) is 2. The minimum atomic E-state index is 0.594. The molecule has 0 bridgehead atoms. The van der Waals surface area contributed by atoms with Gasteiger partial charge in [0.2, 0.25) is 0 Å². The first kappa shape index (κ1) is 15.7. The van der Waals surface area contributed by atoms with E-state index in [1.54, 1.807) is 7.11 Å². The molecular formula is C17H26ClNO. The summed E-state index contributed by atoms with van der Waals surface area (Å²) in [6.45, 7) is 3.06. The third kappa shape index (κ3) is 3.89. The summed E-state index contributed by atoms with van der Waals surface area (Å²) in [5, 5.41) is 4.49. The Bertz CT molecular complexity index is 415. The number of benzene rings is 1. The van der Waals surface area contributed by atoms with Gasteiger partial charge in [-0.1, -0.05) is 43.9 Å². The van der Waals surface area contributed by atoms with Crippen molar-refractivity contribution in [2.45, 2.75) is 58.0 Å². The molecule has 0 saturated heterocycles. The Morgan fingerprint density at radius 1 is 1.30 bits per heavy atom. The van der Waals surface area contributed by atoms with Crippen LogP contribution in [0.25, 0.3) is 0 Å². The molecule has 0 amide bonds. The van der Waals surface area contributed by atoms with Gasteiger partial charge < -0.3 is 10.1 Å². The number of methoxy groups -OCH3 is 1. The summed E-state index contributed by atoms with van der Waals surface area (Å²) < 4.78 is 5.41. The van der Waals surface area contributed by atoms with E-state index < -0.39 is 0 Å². The van der Waals surface area contributed by atoms with E-state index in [0.29, 0.717) is 6.04 Å². The number of hydrogen-bond donors (Lipinski definition) is 1. The Kier molecular flexibility index (Phi) is 6.18. The first-order valence-electron chi connectivity index (χ1n) is 7.81. The van der Waals surface area contributed by atoms with Crippen LogP contribution in [0.4, 0.5) is 0 Å². The molecule has 1 aliphatic rings. The van der Waals surface area contributed by atoms with Crippen LogP contribution < -0.4 is 10.1 Å². The lowest BCUT2D eigenvalue weighted by Crippen LogP contribution is -2.36. The van der Waals surface area contributed by atoms with Crippen molar-refractivity contribution in [1.82, 2.24) is 5.32 Å². The predicted molar refractivity (Wildman–Crippen MR) is 85.5 cm³/mol. The minimum absolute atomic E-state index is 0.594. The summed E-state index contributed by atoms with van der Waals surface area (Å²) in [7, 11) is 1.70. The van der Waals surface area contributed by atoms with Crippen molar-refractivity contribution in [2.24, 2.45) is 5.92 Å². The van der Waals surface area contributed by atoms with Crippen LogP contribution in [0.3, 0.4) is 0 Å². The maximum absolute atomic E-state index is 6.30. The van der Waals surface area contributed by atoms with E-state index in [0.717, 1.165) is 28.8 Å². The number of halogens is 1. The molecule has 0 aliphatic heterocycles. The zero-order chi connectivity index (χ0) is 14.4. The van der Waals surface area contributed by atoms with E-state index in [9.17, 15) is 0 Å². The summed E-state index contributed by atoms with van der Waals surface area (Å²) in [4.78, 5) is 0. The molecule has 1 saturated carbocycles. The molecule has 1 aromatic carbocycles. The first-order valence-corrected chi connectivity index (χ1v) is 8.18. The molecule has 20 heavy (non-hydrogen) atoms. The lowest BCUT2D eigenvalue weighted by Gasteiger charge is -2.30. The Hall–Kier alpha value is -0.730. The van der Waals surface area contributed by atoms with Gasteiger partial charge in [-0.2, -0.15) is 0 Å². The highest BCUT2D eigenvalue weighted by molar-refractivity contribution is 6.31. The molecule has 1 atom stereocenters. The maximum atomic E-state index is 6.30. The van der Waals surface area contributed by atoms with E-state index in [1.165, 1.54) is 38.5 Å². The Labute approximate surface area is 127 Å². The molecule has 1 aliphatic carbocycles. The molecule has 1 aromatic rings. The molecule has 0 radical (unpaired) electrons. The lowest BCUT2D eigenvalue weighted by molar-refractivity contribution is 0.261. The predicted octanol–water partition coefficient (Wildman–Crippen LogP) is 4.80. The van der Waals surface area contributed by atoms with Gasteiger partial charge in [-0.25, -0.2) is 0 Å². The molecule has 2 nitrogen and oxygen atoms in total. The number of nitrogens with one attached hydrogen (secondary N) is 1. The SMILES string of the molecule is CCC(NCc1c(Cl)cccc1OC)C1CCCCC1. The molecule has 112 valence electrons. The van der Waals surface area contributed by atoms with Gasteiger partial charge in [0.15, 0.2) is 0 Å². The fourth-order valence-electron chi connectivity index (χ4n) is 3.32. The smallest absolute Gasteiger partial charge is 0.124 e. The van der Waals surface area contributed by atoms with E-state index in [4.69, 9.17) is 16.3 Å². The Morgan fingerprint density at radius 3 is 2.70 bits per heavy atom. The molecule has 0 aromatic heterocycles. The van der Waals surface area contributed by atoms with Crippen LogP contribution in [0.5, 0.6) is 5.75 Å². The van der Waals surface area contributed by atoms with Gasteiger partial charge in [0.05, 0.1) is 7.11 Å². The molecule has 0 spiro atoms. The third-order valence-corrected chi connectivity index (χ3v) is 4.85. The van der Waals surface area contributed by atoms with E-state index in [2.05, 4.69) is 12.2 Å². The highest BCUT2D eigenvalue weighted by atomic mass is 35.5. The summed E-state index contributed by atoms with van der Waals surface area (Å²) in [5.41, 5.74) is 1.07. The molecule has 1 unspecified atom stereocenters. The molecule has 1 N–H and O–H groups in total. The molecule has 0 heterocycles. The molecule has 3 heteroatoms. The average molecular weight is 296 g/mol. The second-order valence-electron chi connectivity index (χ2n) is 5.71. The van der Waals surface area contributed by atoms with Crippen LogP contribution in [0.2, 0.25) is 5.02 Å². The van der Waals surface area contributed by atoms with Crippen molar-refractivity contribution in [2.75, 3.05) is 7.11 Å². The Balaban J connectivity index is 1.99. The summed E-state index contributed by atoms with van der Waals surface area (Å²) in [5.74, 6) is 1.70. The topological polar surface area (TPSA) is 21.3 Å². The second-order valence-corrected chi connectivity index (χ2v) is 6.12. The van der Waals surface area contributed by atoms with E-state index in [1.807, 2.05) is 18.2 Å². The van der Waals surface area contributed by atoms with Gasteiger partial charge in [0, 0.05) is 23.2 Å². The Morgan fingerprint density at radius 2 is 2.05 bits per heavy atom. The van der Waals surface area contributed by atoms with Gasteiger partial charge in [-0.05, 0) is 37.3 Å². The molecule has 1 fully saturated rings. The normalized spacial score (nSPS) is 17.9. The third-order valence-electron chi connectivity index (χ3n) is 4.50. The summed E-state index contributed by atoms with van der Waals surface area (Å²) in [6, 6.07) is 6.44. The van der Waals surface area contributed by atoms with Crippen molar-refractivity contribution >= 4 is 11.6 Å². The van der Waals surface area contributed by atoms with Crippen molar-refractivity contribution in [3.63, 3.8) is 0 Å². The average Bonchev–Trinajstić information content (AvgIpc) is 2.50. The van der Waals surface area contributed by atoms with Crippen molar-refractivity contribution in [3.8, 4) is 5.75 Å². The van der Waals surface area contributed by atoms with E-state index >= 15 is 0 Å². The van der Waals surface area contributed by atoms with Crippen LogP contribution in [-0.4, -0.2) is 13.2 Å². The first-order chi connectivity index (χ1) is 9.76. The largest absolute Gasteiger partial charge is 0.496 e. The van der Waals surface area contributed by atoms with Gasteiger partial charge in [0.25, 0.3) is 0 Å².